The van der Waals surface area contributed by atoms with Crippen molar-refractivity contribution in [1.82, 2.24) is 0 Å². The Morgan fingerprint density at radius 2 is 2.35 bits per heavy atom. The van der Waals surface area contributed by atoms with Gasteiger partial charge >= 0.3 is 5.97 Å². The number of hydrogen-bond donors (Lipinski definition) is 2. The van der Waals surface area contributed by atoms with Gasteiger partial charge < -0.3 is 15.8 Å². The molecule has 0 aromatic heterocycles. The van der Waals surface area contributed by atoms with Crippen LogP contribution in [0.15, 0.2) is 18.2 Å². The smallest absolute Gasteiger partial charge is 0.325 e. The summed E-state index contributed by atoms with van der Waals surface area (Å²) in [6.07, 6.45) is 0.251. The van der Waals surface area contributed by atoms with Crippen molar-refractivity contribution in [1.29, 1.82) is 5.26 Å². The molecule has 0 bridgehead atoms. The fourth-order valence-electron chi connectivity index (χ4n) is 1.34. The van der Waals surface area contributed by atoms with Gasteiger partial charge in [-0.1, -0.05) is 0 Å². The van der Waals surface area contributed by atoms with Crippen LogP contribution in [0.4, 0.5) is 11.4 Å². The predicted molar refractivity (Wildman–Crippen MR) is 65.3 cm³/mol. The molecule has 0 heterocycles. The lowest BCUT2D eigenvalue weighted by Gasteiger charge is -2.08. The highest BCUT2D eigenvalue weighted by molar-refractivity contribution is 5.75. The van der Waals surface area contributed by atoms with Crippen molar-refractivity contribution in [2.24, 2.45) is 0 Å². The third-order valence-corrected chi connectivity index (χ3v) is 2.15. The van der Waals surface area contributed by atoms with Gasteiger partial charge in [-0.05, 0) is 30.7 Å². The SMILES string of the molecule is CCOC(=O)CNc1ccc(N)c(CC#N)c1. The van der Waals surface area contributed by atoms with Gasteiger partial charge in [0.1, 0.15) is 6.54 Å². The summed E-state index contributed by atoms with van der Waals surface area (Å²) in [4.78, 5) is 11.1. The summed E-state index contributed by atoms with van der Waals surface area (Å²) >= 11 is 0. The van der Waals surface area contributed by atoms with E-state index in [9.17, 15) is 4.79 Å². The van der Waals surface area contributed by atoms with E-state index in [4.69, 9.17) is 15.7 Å². The fraction of sp³-hybridized carbons (Fsp3) is 0.333. The van der Waals surface area contributed by atoms with E-state index in [-0.39, 0.29) is 18.9 Å². The van der Waals surface area contributed by atoms with E-state index in [1.807, 2.05) is 6.07 Å². The monoisotopic (exact) mass is 233 g/mol. The first-order valence-corrected chi connectivity index (χ1v) is 5.32. The Morgan fingerprint density at radius 1 is 1.59 bits per heavy atom. The number of carbonyl (C=O) groups is 1. The molecule has 0 radical (unpaired) electrons. The van der Waals surface area contributed by atoms with Crippen LogP contribution in [-0.2, 0) is 16.0 Å². The number of nitrogens with one attached hydrogen (secondary N) is 1. The van der Waals surface area contributed by atoms with E-state index in [0.29, 0.717) is 12.3 Å². The first kappa shape index (κ1) is 12.8. The average molecular weight is 233 g/mol. The van der Waals surface area contributed by atoms with Gasteiger partial charge in [-0.15, -0.1) is 0 Å². The number of nitriles is 1. The second-order valence-corrected chi connectivity index (χ2v) is 3.41. The summed E-state index contributed by atoms with van der Waals surface area (Å²) < 4.78 is 4.79. The maximum Gasteiger partial charge on any atom is 0.325 e. The van der Waals surface area contributed by atoms with Crippen molar-refractivity contribution in [3.63, 3.8) is 0 Å². The van der Waals surface area contributed by atoms with Gasteiger partial charge in [0.2, 0.25) is 0 Å². The second-order valence-electron chi connectivity index (χ2n) is 3.41. The van der Waals surface area contributed by atoms with Crippen molar-refractivity contribution in [2.75, 3.05) is 24.2 Å². The van der Waals surface area contributed by atoms with Crippen molar-refractivity contribution < 1.29 is 9.53 Å². The topological polar surface area (TPSA) is 88.1 Å². The molecule has 5 nitrogen and oxygen atoms in total. The van der Waals surface area contributed by atoms with Crippen LogP contribution in [0.2, 0.25) is 0 Å². The van der Waals surface area contributed by atoms with Gasteiger partial charge in [0, 0.05) is 11.4 Å². The number of nitrogens with zero attached hydrogens (tertiary/aromatic N) is 1. The van der Waals surface area contributed by atoms with Crippen LogP contribution in [-0.4, -0.2) is 19.1 Å². The molecule has 0 fully saturated rings. The van der Waals surface area contributed by atoms with Crippen LogP contribution in [0.1, 0.15) is 12.5 Å². The number of hydrogen-bond acceptors (Lipinski definition) is 5. The quantitative estimate of drug-likeness (QED) is 0.591. The van der Waals surface area contributed by atoms with Crippen molar-refractivity contribution >= 4 is 17.3 Å². The maximum absolute atomic E-state index is 11.1. The number of carbonyl (C=O) groups excluding carboxylic acids is 1. The van der Waals surface area contributed by atoms with E-state index < -0.39 is 0 Å². The Balaban J connectivity index is 2.63. The molecule has 3 N–H and O–H groups in total. The van der Waals surface area contributed by atoms with E-state index >= 15 is 0 Å². The number of esters is 1. The van der Waals surface area contributed by atoms with Crippen LogP contribution in [0.5, 0.6) is 0 Å². The van der Waals surface area contributed by atoms with E-state index in [2.05, 4.69) is 5.32 Å². The van der Waals surface area contributed by atoms with Crippen molar-refractivity contribution in [3.8, 4) is 6.07 Å². The van der Waals surface area contributed by atoms with Gasteiger partial charge in [0.15, 0.2) is 0 Å². The maximum atomic E-state index is 11.1. The summed E-state index contributed by atoms with van der Waals surface area (Å²) in [6.45, 7) is 2.22. The zero-order valence-corrected chi connectivity index (χ0v) is 9.69. The molecule has 0 spiro atoms. The van der Waals surface area contributed by atoms with Gasteiger partial charge in [0.25, 0.3) is 0 Å². The highest BCUT2D eigenvalue weighted by Crippen LogP contribution is 2.18. The number of rotatable bonds is 5. The summed E-state index contributed by atoms with van der Waals surface area (Å²) in [5.74, 6) is -0.314. The predicted octanol–water partition coefficient (Wildman–Crippen LogP) is 1.31. The fourth-order valence-corrected chi connectivity index (χ4v) is 1.34. The molecular formula is C12H15N3O2. The first-order chi connectivity index (χ1) is 8.17. The lowest BCUT2D eigenvalue weighted by Crippen LogP contribution is -2.16. The Kier molecular flexibility index (Phi) is 4.82. The zero-order valence-electron chi connectivity index (χ0n) is 9.69. The zero-order chi connectivity index (χ0) is 12.7. The third-order valence-electron chi connectivity index (χ3n) is 2.15. The highest BCUT2D eigenvalue weighted by Gasteiger charge is 2.03. The molecule has 0 aliphatic heterocycles. The van der Waals surface area contributed by atoms with Gasteiger partial charge in [-0.25, -0.2) is 0 Å². The third kappa shape index (κ3) is 4.03. The Hall–Kier alpha value is -2.22. The van der Waals surface area contributed by atoms with Crippen LogP contribution in [0, 0.1) is 11.3 Å². The number of ether oxygens (including phenoxy) is 1. The first-order valence-electron chi connectivity index (χ1n) is 5.32. The molecule has 1 aromatic rings. The van der Waals surface area contributed by atoms with E-state index in [0.717, 1.165) is 11.3 Å². The average Bonchev–Trinajstić information content (AvgIpc) is 2.31. The molecule has 0 unspecified atom stereocenters. The standard InChI is InChI=1S/C12H15N3O2/c1-2-17-12(16)8-15-10-3-4-11(14)9(7-10)5-6-13/h3-4,7,15H,2,5,8,14H2,1H3. The molecule has 17 heavy (non-hydrogen) atoms. The number of anilines is 2. The van der Waals surface area contributed by atoms with Crippen LogP contribution < -0.4 is 11.1 Å². The van der Waals surface area contributed by atoms with Crippen LogP contribution >= 0.6 is 0 Å². The lowest BCUT2D eigenvalue weighted by molar-refractivity contribution is -0.140. The molecule has 0 saturated heterocycles. The number of nitrogens with two attached hydrogens (primary N) is 1. The molecule has 0 amide bonds. The van der Waals surface area contributed by atoms with Crippen molar-refractivity contribution in [3.05, 3.63) is 23.8 Å². The number of benzene rings is 1. The minimum absolute atomic E-state index is 0.101. The summed E-state index contributed by atoms with van der Waals surface area (Å²) in [5.41, 5.74) is 7.78. The van der Waals surface area contributed by atoms with Gasteiger partial charge in [0.05, 0.1) is 19.1 Å². The molecule has 0 atom stereocenters. The summed E-state index contributed by atoms with van der Waals surface area (Å²) in [7, 11) is 0. The molecule has 90 valence electrons. The minimum Gasteiger partial charge on any atom is -0.465 e. The molecule has 0 aliphatic rings. The van der Waals surface area contributed by atoms with Crippen LogP contribution in [0.25, 0.3) is 0 Å². The van der Waals surface area contributed by atoms with E-state index in [1.54, 1.807) is 25.1 Å². The Bertz CT molecular complexity index is 438. The Labute approximate surface area is 100 Å². The minimum atomic E-state index is -0.314. The normalized spacial score (nSPS) is 9.41. The lowest BCUT2D eigenvalue weighted by atomic mass is 10.1. The van der Waals surface area contributed by atoms with Gasteiger partial charge in [-0.2, -0.15) is 5.26 Å². The molecule has 1 aromatic carbocycles. The number of nitrogen functional groups attached to an aromatic ring is 1. The van der Waals surface area contributed by atoms with Crippen molar-refractivity contribution in [2.45, 2.75) is 13.3 Å². The summed E-state index contributed by atoms with van der Waals surface area (Å²) in [6, 6.07) is 7.27. The van der Waals surface area contributed by atoms with Gasteiger partial charge in [-0.3, -0.25) is 4.79 Å². The molecular weight excluding hydrogens is 218 g/mol. The second kappa shape index (κ2) is 6.38. The molecule has 1 rings (SSSR count). The summed E-state index contributed by atoms with van der Waals surface area (Å²) in [5, 5.41) is 11.5. The van der Waals surface area contributed by atoms with E-state index in [1.165, 1.54) is 0 Å². The largest absolute Gasteiger partial charge is 0.465 e. The van der Waals surface area contributed by atoms with Crippen LogP contribution in [0.3, 0.4) is 0 Å². The molecule has 0 saturated carbocycles. The molecule has 0 aliphatic carbocycles. The highest BCUT2D eigenvalue weighted by atomic mass is 16.5. The Morgan fingerprint density at radius 3 is 3.00 bits per heavy atom. The molecule has 5 heteroatoms.